The third-order valence-electron chi connectivity index (χ3n) is 4.12. The van der Waals surface area contributed by atoms with Gasteiger partial charge in [0, 0.05) is 18.2 Å². The minimum atomic E-state index is -4.21. The van der Waals surface area contributed by atoms with E-state index in [9.17, 15) is 23.3 Å². The van der Waals surface area contributed by atoms with Crippen LogP contribution in [0.25, 0.3) is 0 Å². The number of nitrogens with one attached hydrogen (secondary N) is 1. The molecule has 2 rings (SSSR count). The highest BCUT2D eigenvalue weighted by Gasteiger charge is 2.28. The van der Waals surface area contributed by atoms with Crippen molar-refractivity contribution < 1.29 is 32.3 Å². The molecule has 0 saturated heterocycles. The molecule has 0 aliphatic carbocycles. The third kappa shape index (κ3) is 5.67. The molecule has 1 N–H and O–H groups in total. The molecule has 0 bridgehead atoms. The molecule has 11 heteroatoms. The molecule has 30 heavy (non-hydrogen) atoms. The standard InChI is InChI=1S/C19H22N2O8S/c1-4-29-19(22)12-16(13-6-5-7-14(10-13)21(23)24)20-30(25,26)18-11-15(27-2)8-9-17(18)28-3/h5-11,16,20H,4,12H2,1-3H3/t16-/m1/s1. The minimum absolute atomic E-state index is 0.0669. The highest BCUT2D eigenvalue weighted by atomic mass is 32.2. The Bertz CT molecular complexity index is 1020. The van der Waals surface area contributed by atoms with Gasteiger partial charge in [-0.25, -0.2) is 13.1 Å². The molecule has 0 unspecified atom stereocenters. The smallest absolute Gasteiger partial charge is 0.307 e. The zero-order chi connectivity index (χ0) is 22.3. The quantitative estimate of drug-likeness (QED) is 0.340. The van der Waals surface area contributed by atoms with Gasteiger partial charge in [-0.15, -0.1) is 0 Å². The maximum absolute atomic E-state index is 13.1. The minimum Gasteiger partial charge on any atom is -0.497 e. The number of carbonyl (C=O) groups excluding carboxylic acids is 1. The summed E-state index contributed by atoms with van der Waals surface area (Å²) >= 11 is 0. The zero-order valence-corrected chi connectivity index (χ0v) is 17.5. The third-order valence-corrected chi connectivity index (χ3v) is 5.61. The molecule has 0 aliphatic rings. The van der Waals surface area contributed by atoms with E-state index in [4.69, 9.17) is 14.2 Å². The second kappa shape index (κ2) is 10.0. The number of nitrogens with zero attached hydrogens (tertiary/aromatic N) is 1. The monoisotopic (exact) mass is 438 g/mol. The van der Waals surface area contributed by atoms with Crippen LogP contribution in [0.2, 0.25) is 0 Å². The highest BCUT2D eigenvalue weighted by Crippen LogP contribution is 2.30. The van der Waals surface area contributed by atoms with Crippen LogP contribution < -0.4 is 14.2 Å². The second-order valence-electron chi connectivity index (χ2n) is 6.05. The molecule has 0 radical (unpaired) electrons. The lowest BCUT2D eigenvalue weighted by Crippen LogP contribution is -2.31. The number of methoxy groups -OCH3 is 2. The van der Waals surface area contributed by atoms with Gasteiger partial charge in [-0.1, -0.05) is 12.1 Å². The van der Waals surface area contributed by atoms with Crippen molar-refractivity contribution in [1.29, 1.82) is 0 Å². The molecule has 1 atom stereocenters. The van der Waals surface area contributed by atoms with E-state index in [1.165, 1.54) is 56.7 Å². The van der Waals surface area contributed by atoms with Crippen molar-refractivity contribution >= 4 is 21.7 Å². The van der Waals surface area contributed by atoms with E-state index in [1.807, 2.05) is 0 Å². The van der Waals surface area contributed by atoms with E-state index < -0.39 is 27.0 Å². The van der Waals surface area contributed by atoms with Crippen LogP contribution in [-0.2, 0) is 19.6 Å². The van der Waals surface area contributed by atoms with Crippen LogP contribution in [0.15, 0.2) is 47.4 Å². The molecule has 0 aliphatic heterocycles. The number of hydrogen-bond donors (Lipinski definition) is 1. The summed E-state index contributed by atoms with van der Waals surface area (Å²) in [7, 11) is -1.51. The molecule has 10 nitrogen and oxygen atoms in total. The molecule has 0 saturated carbocycles. The van der Waals surface area contributed by atoms with Crippen molar-refractivity contribution in [3.63, 3.8) is 0 Å². The Morgan fingerprint density at radius 2 is 1.90 bits per heavy atom. The molecular weight excluding hydrogens is 416 g/mol. The number of esters is 1. The molecule has 0 aromatic heterocycles. The van der Waals surface area contributed by atoms with E-state index >= 15 is 0 Å². The predicted octanol–water partition coefficient (Wildman–Crippen LogP) is 2.58. The zero-order valence-electron chi connectivity index (χ0n) is 16.7. The maximum Gasteiger partial charge on any atom is 0.307 e. The topological polar surface area (TPSA) is 134 Å². The summed E-state index contributed by atoms with van der Waals surface area (Å²) in [5, 5.41) is 11.1. The Labute approximate surface area is 174 Å². The Balaban J connectivity index is 2.48. The van der Waals surface area contributed by atoms with Crippen LogP contribution >= 0.6 is 0 Å². The van der Waals surface area contributed by atoms with Crippen molar-refractivity contribution in [2.24, 2.45) is 0 Å². The normalized spacial score (nSPS) is 12.1. The van der Waals surface area contributed by atoms with Crippen molar-refractivity contribution in [2.45, 2.75) is 24.3 Å². The lowest BCUT2D eigenvalue weighted by molar-refractivity contribution is -0.384. The molecule has 0 amide bonds. The fourth-order valence-electron chi connectivity index (χ4n) is 2.71. The van der Waals surface area contributed by atoms with Crippen LogP contribution in [0.4, 0.5) is 5.69 Å². The fraction of sp³-hybridized carbons (Fsp3) is 0.316. The Kier molecular flexibility index (Phi) is 7.72. The number of ether oxygens (including phenoxy) is 3. The van der Waals surface area contributed by atoms with Crippen LogP contribution in [-0.4, -0.2) is 40.1 Å². The first-order chi connectivity index (χ1) is 14.2. The fourth-order valence-corrected chi connectivity index (χ4v) is 4.12. The van der Waals surface area contributed by atoms with E-state index in [-0.39, 0.29) is 40.7 Å². The molecule has 162 valence electrons. The summed E-state index contributed by atoms with van der Waals surface area (Å²) in [6, 6.07) is 8.50. The van der Waals surface area contributed by atoms with Gasteiger partial charge in [0.25, 0.3) is 5.69 Å². The van der Waals surface area contributed by atoms with Gasteiger partial charge in [0.05, 0.1) is 38.2 Å². The summed E-state index contributed by atoms with van der Waals surface area (Å²) in [6.07, 6.45) is -0.361. The molecule has 0 spiro atoms. The summed E-state index contributed by atoms with van der Waals surface area (Å²) in [5.74, 6) is -0.306. The van der Waals surface area contributed by atoms with Crippen molar-refractivity contribution in [1.82, 2.24) is 4.72 Å². The number of benzene rings is 2. The summed E-state index contributed by atoms with van der Waals surface area (Å²) in [4.78, 5) is 22.4. The second-order valence-corrected chi connectivity index (χ2v) is 7.73. The van der Waals surface area contributed by atoms with Crippen LogP contribution in [0.5, 0.6) is 11.5 Å². The molecule has 2 aromatic carbocycles. The number of rotatable bonds is 10. The predicted molar refractivity (Wildman–Crippen MR) is 107 cm³/mol. The first-order valence-electron chi connectivity index (χ1n) is 8.86. The Hall–Kier alpha value is -3.18. The molecular formula is C19H22N2O8S. The van der Waals surface area contributed by atoms with Gasteiger partial charge < -0.3 is 14.2 Å². The number of non-ortho nitro benzene ring substituents is 1. The van der Waals surface area contributed by atoms with Crippen LogP contribution in [0.1, 0.15) is 24.9 Å². The number of sulfonamides is 1. The first kappa shape index (κ1) is 23.1. The SMILES string of the molecule is CCOC(=O)C[C@@H](NS(=O)(=O)c1cc(OC)ccc1OC)c1cccc([N+](=O)[O-])c1. The van der Waals surface area contributed by atoms with Gasteiger partial charge >= 0.3 is 5.97 Å². The summed E-state index contributed by atoms with van der Waals surface area (Å²) in [5.41, 5.74) is 0.00205. The number of carbonyl (C=O) groups is 1. The van der Waals surface area contributed by atoms with Crippen molar-refractivity contribution in [3.8, 4) is 11.5 Å². The highest BCUT2D eigenvalue weighted by molar-refractivity contribution is 7.89. The van der Waals surface area contributed by atoms with Gasteiger partial charge in [0.1, 0.15) is 16.4 Å². The summed E-state index contributed by atoms with van der Waals surface area (Å²) < 4.78 is 43.7. The Morgan fingerprint density at radius 3 is 2.50 bits per heavy atom. The van der Waals surface area contributed by atoms with Gasteiger partial charge in [0.2, 0.25) is 10.0 Å². The van der Waals surface area contributed by atoms with Crippen molar-refractivity contribution in [3.05, 3.63) is 58.1 Å². The number of nitro groups is 1. The maximum atomic E-state index is 13.1. The van der Waals surface area contributed by atoms with Crippen LogP contribution in [0.3, 0.4) is 0 Å². The van der Waals surface area contributed by atoms with Gasteiger partial charge in [-0.05, 0) is 24.6 Å². The van der Waals surface area contributed by atoms with Crippen molar-refractivity contribution in [2.75, 3.05) is 20.8 Å². The van der Waals surface area contributed by atoms with Gasteiger partial charge in [-0.2, -0.15) is 0 Å². The number of nitro benzene ring substituents is 1. The average molecular weight is 438 g/mol. The molecule has 0 fully saturated rings. The lowest BCUT2D eigenvalue weighted by Gasteiger charge is -2.20. The number of hydrogen-bond acceptors (Lipinski definition) is 8. The first-order valence-corrected chi connectivity index (χ1v) is 10.3. The van der Waals surface area contributed by atoms with E-state index in [0.29, 0.717) is 0 Å². The molecule has 2 aromatic rings. The van der Waals surface area contributed by atoms with E-state index in [1.54, 1.807) is 6.92 Å². The van der Waals surface area contributed by atoms with E-state index in [0.717, 1.165) is 0 Å². The van der Waals surface area contributed by atoms with Gasteiger partial charge in [0.15, 0.2) is 0 Å². The Morgan fingerprint density at radius 1 is 1.17 bits per heavy atom. The molecule has 0 heterocycles. The van der Waals surface area contributed by atoms with Gasteiger partial charge in [-0.3, -0.25) is 14.9 Å². The summed E-state index contributed by atoms with van der Waals surface area (Å²) in [6.45, 7) is 1.72. The average Bonchev–Trinajstić information content (AvgIpc) is 2.72. The largest absolute Gasteiger partial charge is 0.497 e. The van der Waals surface area contributed by atoms with Crippen LogP contribution in [0, 0.1) is 10.1 Å². The lowest BCUT2D eigenvalue weighted by atomic mass is 10.0. The van der Waals surface area contributed by atoms with E-state index in [2.05, 4.69) is 4.72 Å².